The zero-order valence-electron chi connectivity index (χ0n) is 13.3. The van der Waals surface area contributed by atoms with Crippen molar-refractivity contribution in [2.45, 2.75) is 45.8 Å². The molecule has 21 heavy (non-hydrogen) atoms. The average Bonchev–Trinajstić information content (AvgIpc) is 2.97. The molecule has 1 N–H and O–H groups in total. The molecule has 0 fully saturated rings. The van der Waals surface area contributed by atoms with Gasteiger partial charge in [-0.15, -0.1) is 11.3 Å². The molecule has 0 radical (unpaired) electrons. The Labute approximate surface area is 132 Å². The fourth-order valence-electron chi connectivity index (χ4n) is 2.17. The highest BCUT2D eigenvalue weighted by molar-refractivity contribution is 7.09. The van der Waals surface area contributed by atoms with E-state index in [1.54, 1.807) is 0 Å². The van der Waals surface area contributed by atoms with Gasteiger partial charge in [0, 0.05) is 43.2 Å². The van der Waals surface area contributed by atoms with Gasteiger partial charge in [0.05, 0.1) is 0 Å². The van der Waals surface area contributed by atoms with Crippen LogP contribution in [0, 0.1) is 0 Å². The van der Waals surface area contributed by atoms with Crippen LogP contribution in [0.5, 0.6) is 0 Å². The summed E-state index contributed by atoms with van der Waals surface area (Å²) in [5.41, 5.74) is 1.28. The van der Waals surface area contributed by atoms with Gasteiger partial charge in [0.1, 0.15) is 5.82 Å². The fourth-order valence-corrected chi connectivity index (χ4v) is 2.99. The van der Waals surface area contributed by atoms with Crippen LogP contribution in [-0.4, -0.2) is 24.1 Å². The van der Waals surface area contributed by atoms with Crippen molar-refractivity contribution in [2.24, 2.45) is 0 Å². The molecular formula is C17H25N3S. The number of rotatable bonds is 7. The molecule has 0 saturated carbocycles. The predicted molar refractivity (Wildman–Crippen MR) is 92.1 cm³/mol. The van der Waals surface area contributed by atoms with E-state index in [0.29, 0.717) is 12.1 Å². The molecule has 114 valence electrons. The third-order valence-corrected chi connectivity index (χ3v) is 4.52. The average molecular weight is 303 g/mol. The lowest BCUT2D eigenvalue weighted by Crippen LogP contribution is -2.31. The minimum atomic E-state index is 0.435. The van der Waals surface area contributed by atoms with E-state index in [9.17, 15) is 0 Å². The van der Waals surface area contributed by atoms with Crippen LogP contribution in [0.2, 0.25) is 0 Å². The topological polar surface area (TPSA) is 28.2 Å². The van der Waals surface area contributed by atoms with Crippen molar-refractivity contribution in [1.82, 2.24) is 10.3 Å². The molecule has 0 spiro atoms. The lowest BCUT2D eigenvalue weighted by atomic mass is 10.1. The van der Waals surface area contributed by atoms with Crippen LogP contribution in [0.1, 0.15) is 31.2 Å². The van der Waals surface area contributed by atoms with Crippen molar-refractivity contribution in [3.05, 3.63) is 46.3 Å². The van der Waals surface area contributed by atoms with Gasteiger partial charge in [0.2, 0.25) is 0 Å². The summed E-state index contributed by atoms with van der Waals surface area (Å²) in [5, 5.41) is 5.59. The minimum absolute atomic E-state index is 0.435. The SMILES string of the molecule is CC(C)NCc1ccnc(N(C)C(C)Cc2cccs2)c1. The smallest absolute Gasteiger partial charge is 0.128 e. The Hall–Kier alpha value is -1.39. The summed E-state index contributed by atoms with van der Waals surface area (Å²) in [5.74, 6) is 1.04. The molecule has 0 aliphatic rings. The fraction of sp³-hybridized carbons (Fsp3) is 0.471. The van der Waals surface area contributed by atoms with Crippen LogP contribution in [-0.2, 0) is 13.0 Å². The molecule has 0 aromatic carbocycles. The van der Waals surface area contributed by atoms with Crippen molar-refractivity contribution in [1.29, 1.82) is 0 Å². The number of nitrogens with zero attached hydrogens (tertiary/aromatic N) is 2. The first-order valence-electron chi connectivity index (χ1n) is 7.49. The first kappa shape index (κ1) is 16.0. The lowest BCUT2D eigenvalue weighted by molar-refractivity contribution is 0.588. The van der Waals surface area contributed by atoms with Crippen LogP contribution in [0.15, 0.2) is 35.8 Å². The van der Waals surface area contributed by atoms with E-state index in [2.05, 4.69) is 72.7 Å². The van der Waals surface area contributed by atoms with Gasteiger partial charge < -0.3 is 10.2 Å². The maximum absolute atomic E-state index is 4.52. The van der Waals surface area contributed by atoms with Gasteiger partial charge in [-0.25, -0.2) is 4.98 Å². The van der Waals surface area contributed by atoms with Crippen LogP contribution < -0.4 is 10.2 Å². The van der Waals surface area contributed by atoms with E-state index in [-0.39, 0.29) is 0 Å². The summed E-state index contributed by atoms with van der Waals surface area (Å²) in [6.45, 7) is 7.47. The summed E-state index contributed by atoms with van der Waals surface area (Å²) >= 11 is 1.82. The Balaban J connectivity index is 2.00. The largest absolute Gasteiger partial charge is 0.357 e. The number of nitrogens with one attached hydrogen (secondary N) is 1. The predicted octanol–water partition coefficient (Wildman–Crippen LogP) is 3.71. The molecule has 1 atom stereocenters. The number of aromatic nitrogens is 1. The van der Waals surface area contributed by atoms with E-state index in [4.69, 9.17) is 0 Å². The first-order valence-corrected chi connectivity index (χ1v) is 8.37. The summed E-state index contributed by atoms with van der Waals surface area (Å²) in [6.07, 6.45) is 2.96. The van der Waals surface area contributed by atoms with Gasteiger partial charge in [-0.05, 0) is 36.1 Å². The zero-order chi connectivity index (χ0) is 15.2. The molecule has 1 unspecified atom stereocenters. The Morgan fingerprint density at radius 1 is 1.29 bits per heavy atom. The van der Waals surface area contributed by atoms with Gasteiger partial charge in [-0.1, -0.05) is 19.9 Å². The van der Waals surface area contributed by atoms with E-state index >= 15 is 0 Å². The second-order valence-corrected chi connectivity index (χ2v) is 6.83. The van der Waals surface area contributed by atoms with Crippen molar-refractivity contribution in [3.8, 4) is 0 Å². The normalized spacial score (nSPS) is 12.6. The van der Waals surface area contributed by atoms with E-state index in [1.165, 1.54) is 10.4 Å². The van der Waals surface area contributed by atoms with Crippen LogP contribution >= 0.6 is 11.3 Å². The van der Waals surface area contributed by atoms with Crippen molar-refractivity contribution < 1.29 is 0 Å². The zero-order valence-corrected chi connectivity index (χ0v) is 14.2. The second-order valence-electron chi connectivity index (χ2n) is 5.80. The lowest BCUT2D eigenvalue weighted by Gasteiger charge is -2.26. The van der Waals surface area contributed by atoms with E-state index in [1.807, 2.05) is 17.5 Å². The number of likely N-dealkylation sites (N-methyl/N-ethyl adjacent to an activating group) is 1. The van der Waals surface area contributed by atoms with Gasteiger partial charge in [0.25, 0.3) is 0 Å². The molecule has 0 aliphatic heterocycles. The molecule has 0 aliphatic carbocycles. The van der Waals surface area contributed by atoms with Crippen molar-refractivity contribution in [3.63, 3.8) is 0 Å². The maximum Gasteiger partial charge on any atom is 0.128 e. The monoisotopic (exact) mass is 303 g/mol. The van der Waals surface area contributed by atoms with Gasteiger partial charge in [-0.2, -0.15) is 0 Å². The summed E-state index contributed by atoms with van der Waals surface area (Å²) < 4.78 is 0. The van der Waals surface area contributed by atoms with Crippen molar-refractivity contribution in [2.75, 3.05) is 11.9 Å². The number of thiophene rings is 1. The molecule has 0 saturated heterocycles. The Morgan fingerprint density at radius 2 is 2.10 bits per heavy atom. The minimum Gasteiger partial charge on any atom is -0.357 e. The number of hydrogen-bond acceptors (Lipinski definition) is 4. The standard InChI is InChI=1S/C17H25N3S/c1-13(2)19-12-15-7-8-18-17(11-15)20(4)14(3)10-16-6-5-9-21-16/h5-9,11,13-14,19H,10,12H2,1-4H3. The van der Waals surface area contributed by atoms with Gasteiger partial charge in [-0.3, -0.25) is 0 Å². The van der Waals surface area contributed by atoms with Crippen LogP contribution in [0.4, 0.5) is 5.82 Å². The molecular weight excluding hydrogens is 278 g/mol. The summed E-state index contributed by atoms with van der Waals surface area (Å²) in [7, 11) is 2.13. The van der Waals surface area contributed by atoms with Crippen LogP contribution in [0.25, 0.3) is 0 Å². The number of pyridine rings is 1. The third kappa shape index (κ3) is 4.83. The second kappa shape index (κ2) is 7.57. The third-order valence-electron chi connectivity index (χ3n) is 3.62. The molecule has 2 aromatic rings. The Kier molecular flexibility index (Phi) is 5.76. The van der Waals surface area contributed by atoms with Gasteiger partial charge >= 0.3 is 0 Å². The Bertz CT molecular complexity index is 537. The van der Waals surface area contributed by atoms with E-state index in [0.717, 1.165) is 18.8 Å². The molecule has 3 nitrogen and oxygen atoms in total. The van der Waals surface area contributed by atoms with Gasteiger partial charge in [0.15, 0.2) is 0 Å². The van der Waals surface area contributed by atoms with Crippen molar-refractivity contribution >= 4 is 17.2 Å². The molecule has 2 heterocycles. The number of hydrogen-bond donors (Lipinski definition) is 1. The molecule has 0 bridgehead atoms. The number of anilines is 1. The Morgan fingerprint density at radius 3 is 2.76 bits per heavy atom. The molecule has 2 aromatic heterocycles. The highest BCUT2D eigenvalue weighted by atomic mass is 32.1. The highest BCUT2D eigenvalue weighted by Crippen LogP contribution is 2.18. The summed E-state index contributed by atoms with van der Waals surface area (Å²) in [4.78, 5) is 8.20. The molecule has 0 amide bonds. The molecule has 2 rings (SSSR count). The highest BCUT2D eigenvalue weighted by Gasteiger charge is 2.13. The summed E-state index contributed by atoms with van der Waals surface area (Å²) in [6, 6.07) is 9.51. The quantitative estimate of drug-likeness (QED) is 0.845. The van der Waals surface area contributed by atoms with E-state index < -0.39 is 0 Å². The first-order chi connectivity index (χ1) is 10.1. The maximum atomic E-state index is 4.52. The van der Waals surface area contributed by atoms with Crippen LogP contribution in [0.3, 0.4) is 0 Å². The molecule has 4 heteroatoms.